The minimum atomic E-state index is -0.462. The van der Waals surface area contributed by atoms with Gasteiger partial charge in [-0.15, -0.1) is 0 Å². The second-order valence-electron chi connectivity index (χ2n) is 8.27. The Kier molecular flexibility index (Phi) is 13.0. The van der Waals surface area contributed by atoms with Crippen molar-refractivity contribution < 1.29 is 24.4 Å². The molecule has 0 rings (SSSR count). The average molecular weight is 391 g/mol. The quantitative estimate of drug-likeness (QED) is 0.407. The first kappa shape index (κ1) is 26.8. The van der Waals surface area contributed by atoms with Crippen LogP contribution in [0.1, 0.15) is 93.9 Å². The van der Waals surface area contributed by atoms with E-state index in [1.807, 2.05) is 6.92 Å². The molecular weight excluding hydrogens is 344 g/mol. The Morgan fingerprint density at radius 1 is 0.667 bits per heavy atom. The van der Waals surface area contributed by atoms with E-state index in [4.69, 9.17) is 14.2 Å². The second-order valence-corrected chi connectivity index (χ2v) is 8.27. The number of rotatable bonds is 16. The van der Waals surface area contributed by atoms with Gasteiger partial charge in [0.2, 0.25) is 0 Å². The highest BCUT2D eigenvalue weighted by molar-refractivity contribution is 4.86. The first-order valence-corrected chi connectivity index (χ1v) is 10.9. The summed E-state index contributed by atoms with van der Waals surface area (Å²) in [7, 11) is 0. The summed E-state index contributed by atoms with van der Waals surface area (Å²) in [4.78, 5) is 0. The lowest BCUT2D eigenvalue weighted by molar-refractivity contribution is -0.156. The summed E-state index contributed by atoms with van der Waals surface area (Å²) in [6.07, 6.45) is 4.37. The molecule has 0 aromatic carbocycles. The Labute approximate surface area is 167 Å². The predicted octanol–water partition coefficient (Wildman–Crippen LogP) is 4.47. The van der Waals surface area contributed by atoms with Gasteiger partial charge in [0.05, 0.1) is 48.8 Å². The van der Waals surface area contributed by atoms with E-state index in [1.54, 1.807) is 13.8 Å². The zero-order valence-corrected chi connectivity index (χ0v) is 19.1. The molecule has 0 spiro atoms. The molecule has 0 saturated carbocycles. The van der Waals surface area contributed by atoms with Gasteiger partial charge in [0.25, 0.3) is 0 Å². The number of aliphatic hydroxyl groups is 2. The Morgan fingerprint density at radius 3 is 1.52 bits per heavy atom. The summed E-state index contributed by atoms with van der Waals surface area (Å²) in [6, 6.07) is 0. The maximum Gasteiger partial charge on any atom is 0.0745 e. The van der Waals surface area contributed by atoms with E-state index in [1.165, 1.54) is 0 Å². The van der Waals surface area contributed by atoms with E-state index in [2.05, 4.69) is 34.6 Å². The third-order valence-corrected chi connectivity index (χ3v) is 5.60. The fourth-order valence-electron chi connectivity index (χ4n) is 3.73. The Balaban J connectivity index is 4.99. The van der Waals surface area contributed by atoms with Crippen LogP contribution in [0.3, 0.4) is 0 Å². The molecule has 0 aliphatic carbocycles. The molecule has 5 heteroatoms. The van der Waals surface area contributed by atoms with Crippen LogP contribution in [0, 0.1) is 0 Å². The van der Waals surface area contributed by atoms with Crippen molar-refractivity contribution in [2.45, 2.75) is 130 Å². The Morgan fingerprint density at radius 2 is 1.11 bits per heavy atom. The molecule has 0 heterocycles. The Hall–Kier alpha value is -0.200. The predicted molar refractivity (Wildman–Crippen MR) is 111 cm³/mol. The highest BCUT2D eigenvalue weighted by Gasteiger charge is 2.36. The molecule has 5 nitrogen and oxygen atoms in total. The molecule has 0 aliphatic heterocycles. The monoisotopic (exact) mass is 390 g/mol. The first-order chi connectivity index (χ1) is 12.6. The standard InChI is InChI=1S/C22H46O5/c1-9-21(10-2,26-16-18(6)24)14-20(8)27-22(11-3,12-4)13-19(7)25-15-17(5)23/h17-20,23-24H,9-16H2,1-8H3. The van der Waals surface area contributed by atoms with Crippen molar-refractivity contribution in [3.63, 3.8) is 0 Å². The minimum absolute atomic E-state index is 0.0281. The van der Waals surface area contributed by atoms with Gasteiger partial charge in [0.15, 0.2) is 0 Å². The highest BCUT2D eigenvalue weighted by atomic mass is 16.5. The van der Waals surface area contributed by atoms with Crippen LogP contribution in [0.5, 0.6) is 0 Å². The molecule has 0 aliphatic rings. The summed E-state index contributed by atoms with van der Waals surface area (Å²) in [6.45, 7) is 17.0. The lowest BCUT2D eigenvalue weighted by Crippen LogP contribution is -2.43. The largest absolute Gasteiger partial charge is 0.391 e. The van der Waals surface area contributed by atoms with Gasteiger partial charge >= 0.3 is 0 Å². The number of ether oxygens (including phenoxy) is 3. The molecule has 0 bridgehead atoms. The molecule has 0 aromatic rings. The van der Waals surface area contributed by atoms with Crippen LogP contribution >= 0.6 is 0 Å². The van der Waals surface area contributed by atoms with Crippen LogP contribution in [-0.2, 0) is 14.2 Å². The number of hydrogen-bond acceptors (Lipinski definition) is 5. The summed E-state index contributed by atoms with van der Waals surface area (Å²) in [5, 5.41) is 19.0. The molecule has 4 unspecified atom stereocenters. The van der Waals surface area contributed by atoms with Gasteiger partial charge in [-0.2, -0.15) is 0 Å². The second kappa shape index (κ2) is 13.1. The van der Waals surface area contributed by atoms with E-state index >= 15 is 0 Å². The minimum Gasteiger partial charge on any atom is -0.391 e. The van der Waals surface area contributed by atoms with Crippen LogP contribution in [0.15, 0.2) is 0 Å². The van der Waals surface area contributed by atoms with E-state index in [0.717, 1.165) is 38.5 Å². The maximum atomic E-state index is 9.60. The van der Waals surface area contributed by atoms with Crippen LogP contribution in [0.4, 0.5) is 0 Å². The fraction of sp³-hybridized carbons (Fsp3) is 1.00. The van der Waals surface area contributed by atoms with E-state index in [9.17, 15) is 10.2 Å². The normalized spacial score (nSPS) is 17.6. The molecule has 0 radical (unpaired) electrons. The van der Waals surface area contributed by atoms with Crippen molar-refractivity contribution >= 4 is 0 Å². The molecule has 2 N–H and O–H groups in total. The zero-order chi connectivity index (χ0) is 21.1. The lowest BCUT2D eigenvalue weighted by Gasteiger charge is -2.40. The van der Waals surface area contributed by atoms with Gasteiger partial charge in [0, 0.05) is 12.8 Å². The van der Waals surface area contributed by atoms with Crippen molar-refractivity contribution in [1.29, 1.82) is 0 Å². The molecule has 27 heavy (non-hydrogen) atoms. The van der Waals surface area contributed by atoms with Crippen LogP contribution in [-0.4, -0.2) is 59.0 Å². The van der Waals surface area contributed by atoms with Crippen LogP contribution < -0.4 is 0 Å². The topological polar surface area (TPSA) is 68.2 Å². The van der Waals surface area contributed by atoms with Crippen molar-refractivity contribution in [3.8, 4) is 0 Å². The average Bonchev–Trinajstić information content (AvgIpc) is 2.62. The van der Waals surface area contributed by atoms with Gasteiger partial charge in [-0.1, -0.05) is 27.7 Å². The zero-order valence-electron chi connectivity index (χ0n) is 19.1. The van der Waals surface area contributed by atoms with Crippen molar-refractivity contribution in [2.75, 3.05) is 13.2 Å². The lowest BCUT2D eigenvalue weighted by atomic mass is 9.87. The molecule has 0 saturated heterocycles. The summed E-state index contributed by atoms with van der Waals surface area (Å²) < 4.78 is 18.5. The van der Waals surface area contributed by atoms with Gasteiger partial charge in [0.1, 0.15) is 0 Å². The molecule has 0 fully saturated rings. The highest BCUT2D eigenvalue weighted by Crippen LogP contribution is 2.34. The summed E-state index contributed by atoms with van der Waals surface area (Å²) >= 11 is 0. The first-order valence-electron chi connectivity index (χ1n) is 10.9. The van der Waals surface area contributed by atoms with Crippen molar-refractivity contribution in [1.82, 2.24) is 0 Å². The Bertz CT molecular complexity index is 362. The molecule has 0 amide bonds. The third kappa shape index (κ3) is 10.2. The number of hydrogen-bond donors (Lipinski definition) is 2. The summed E-state index contributed by atoms with van der Waals surface area (Å²) in [5.41, 5.74) is -0.507. The van der Waals surface area contributed by atoms with Gasteiger partial charge in [-0.3, -0.25) is 0 Å². The van der Waals surface area contributed by atoms with Crippen LogP contribution in [0.25, 0.3) is 0 Å². The van der Waals surface area contributed by atoms with Gasteiger partial charge in [-0.25, -0.2) is 0 Å². The fourth-order valence-corrected chi connectivity index (χ4v) is 3.73. The SMILES string of the molecule is CCC(CC)(CC(C)OC(CC)(CC)CC(C)OCC(C)O)OCC(C)O. The van der Waals surface area contributed by atoms with E-state index in [-0.39, 0.29) is 23.4 Å². The van der Waals surface area contributed by atoms with Gasteiger partial charge in [-0.05, 0) is 53.4 Å². The smallest absolute Gasteiger partial charge is 0.0745 e. The molecule has 164 valence electrons. The van der Waals surface area contributed by atoms with Crippen LogP contribution in [0.2, 0.25) is 0 Å². The van der Waals surface area contributed by atoms with E-state index in [0.29, 0.717) is 13.2 Å². The van der Waals surface area contributed by atoms with Crippen molar-refractivity contribution in [3.05, 3.63) is 0 Å². The van der Waals surface area contributed by atoms with Crippen molar-refractivity contribution in [2.24, 2.45) is 0 Å². The third-order valence-electron chi connectivity index (χ3n) is 5.60. The molecule has 4 atom stereocenters. The summed E-state index contributed by atoms with van der Waals surface area (Å²) in [5.74, 6) is 0. The molecular formula is C22H46O5. The number of aliphatic hydroxyl groups excluding tert-OH is 2. The maximum absolute atomic E-state index is 9.60. The van der Waals surface area contributed by atoms with E-state index < -0.39 is 12.2 Å². The van der Waals surface area contributed by atoms with Gasteiger partial charge < -0.3 is 24.4 Å². The molecule has 0 aromatic heterocycles.